The van der Waals surface area contributed by atoms with Gasteiger partial charge in [0.25, 0.3) is 5.91 Å². The number of H-pyrrole nitrogens is 1. The van der Waals surface area contributed by atoms with Gasteiger partial charge in [0.2, 0.25) is 0 Å². The summed E-state index contributed by atoms with van der Waals surface area (Å²) in [6, 6.07) is 8.70. The topological polar surface area (TPSA) is 96.4 Å². The maximum absolute atomic E-state index is 11.8. The zero-order valence-electron chi connectivity index (χ0n) is 11.4. The van der Waals surface area contributed by atoms with Gasteiger partial charge in [0.15, 0.2) is 11.5 Å². The summed E-state index contributed by atoms with van der Waals surface area (Å²) in [6.45, 7) is 0. The zero-order chi connectivity index (χ0) is 15.2. The Labute approximate surface area is 125 Å². The minimum absolute atomic E-state index is 0.221. The van der Waals surface area contributed by atoms with E-state index in [1.54, 1.807) is 48.9 Å². The fraction of sp³-hybridized carbons (Fsp3) is 0. The van der Waals surface area contributed by atoms with Crippen LogP contribution in [0.25, 0.3) is 17.5 Å². The molecule has 3 aromatic heterocycles. The van der Waals surface area contributed by atoms with Gasteiger partial charge >= 0.3 is 0 Å². The molecule has 0 fully saturated rings. The minimum atomic E-state index is -0.420. The van der Waals surface area contributed by atoms with Crippen molar-refractivity contribution in [1.82, 2.24) is 15.6 Å². The summed E-state index contributed by atoms with van der Waals surface area (Å²) in [5, 5.41) is 10.4. The highest BCUT2D eigenvalue weighted by Gasteiger charge is 2.11. The number of hydrogen-bond donors (Lipinski definition) is 2. The van der Waals surface area contributed by atoms with E-state index in [1.807, 2.05) is 6.07 Å². The van der Waals surface area contributed by atoms with Crippen LogP contribution in [0.3, 0.4) is 0 Å². The molecule has 0 spiro atoms. The molecule has 7 heteroatoms. The third-order valence-corrected chi connectivity index (χ3v) is 2.73. The first-order valence-electron chi connectivity index (χ1n) is 6.46. The normalized spacial score (nSPS) is 11.5. The molecule has 0 unspecified atom stereocenters. The Balaban J connectivity index is 1.56. The van der Waals surface area contributed by atoms with Crippen molar-refractivity contribution in [3.05, 3.63) is 60.4 Å². The minimum Gasteiger partial charge on any atom is -0.465 e. The molecule has 1 amide bonds. The third kappa shape index (κ3) is 3.21. The van der Waals surface area contributed by atoms with E-state index in [2.05, 4.69) is 20.7 Å². The molecule has 0 aliphatic rings. The molecule has 0 saturated heterocycles. The quantitative estimate of drug-likeness (QED) is 0.559. The second-order valence-corrected chi connectivity index (χ2v) is 4.24. The molecule has 0 bridgehead atoms. The van der Waals surface area contributed by atoms with Gasteiger partial charge in [-0.05, 0) is 36.4 Å². The number of aromatic amines is 1. The molecule has 110 valence electrons. The summed E-state index contributed by atoms with van der Waals surface area (Å²) in [5.41, 5.74) is 3.22. The van der Waals surface area contributed by atoms with E-state index < -0.39 is 5.91 Å². The van der Waals surface area contributed by atoms with Gasteiger partial charge in [-0.2, -0.15) is 10.2 Å². The Kier molecular flexibility index (Phi) is 3.96. The molecule has 3 rings (SSSR count). The summed E-state index contributed by atoms with van der Waals surface area (Å²) < 4.78 is 10.3. The zero-order valence-corrected chi connectivity index (χ0v) is 11.4. The van der Waals surface area contributed by atoms with E-state index in [1.165, 1.54) is 6.21 Å². The van der Waals surface area contributed by atoms with Crippen LogP contribution in [0, 0.1) is 0 Å². The van der Waals surface area contributed by atoms with Crippen LogP contribution in [0.2, 0.25) is 0 Å². The molecule has 0 atom stereocenters. The second-order valence-electron chi connectivity index (χ2n) is 4.24. The van der Waals surface area contributed by atoms with Crippen LogP contribution in [0.1, 0.15) is 16.2 Å². The lowest BCUT2D eigenvalue weighted by atomic mass is 10.3. The van der Waals surface area contributed by atoms with Crippen LogP contribution in [-0.4, -0.2) is 22.3 Å². The molecular weight excluding hydrogens is 284 g/mol. The van der Waals surface area contributed by atoms with Gasteiger partial charge < -0.3 is 8.83 Å². The summed E-state index contributed by atoms with van der Waals surface area (Å²) in [6.07, 6.45) is 7.94. The SMILES string of the molecule is O=C(N/N=C\C=C\c1ccco1)c1cc(-c2ccco2)[nH]n1. The first-order chi connectivity index (χ1) is 10.8. The molecule has 0 saturated carbocycles. The summed E-state index contributed by atoms with van der Waals surface area (Å²) in [7, 11) is 0. The summed E-state index contributed by atoms with van der Waals surface area (Å²) >= 11 is 0. The molecule has 7 nitrogen and oxygen atoms in total. The Bertz CT molecular complexity index is 783. The summed E-state index contributed by atoms with van der Waals surface area (Å²) in [4.78, 5) is 11.8. The van der Waals surface area contributed by atoms with Crippen molar-refractivity contribution in [1.29, 1.82) is 0 Å². The van der Waals surface area contributed by atoms with Gasteiger partial charge in [0, 0.05) is 12.3 Å². The predicted molar refractivity (Wildman–Crippen MR) is 80.0 cm³/mol. The third-order valence-electron chi connectivity index (χ3n) is 2.73. The number of carbonyl (C=O) groups is 1. The van der Waals surface area contributed by atoms with Crippen molar-refractivity contribution in [3.63, 3.8) is 0 Å². The van der Waals surface area contributed by atoms with Crippen LogP contribution in [0.4, 0.5) is 0 Å². The number of carbonyl (C=O) groups excluding carboxylic acids is 1. The van der Waals surface area contributed by atoms with Crippen LogP contribution >= 0.6 is 0 Å². The first-order valence-corrected chi connectivity index (χ1v) is 6.46. The maximum atomic E-state index is 11.8. The number of hydrogen-bond acceptors (Lipinski definition) is 5. The van der Waals surface area contributed by atoms with Crippen LogP contribution in [0.15, 0.2) is 62.9 Å². The second kappa shape index (κ2) is 6.40. The number of aromatic nitrogens is 2. The van der Waals surface area contributed by atoms with Crippen molar-refractivity contribution in [3.8, 4) is 11.5 Å². The average Bonchev–Trinajstić information content (AvgIpc) is 3.26. The molecule has 22 heavy (non-hydrogen) atoms. The summed E-state index contributed by atoms with van der Waals surface area (Å²) in [5.74, 6) is 0.890. The van der Waals surface area contributed by atoms with E-state index in [0.717, 1.165) is 0 Å². The van der Waals surface area contributed by atoms with E-state index in [9.17, 15) is 4.79 Å². The highest BCUT2D eigenvalue weighted by molar-refractivity contribution is 5.93. The van der Waals surface area contributed by atoms with Gasteiger partial charge in [-0.15, -0.1) is 0 Å². The van der Waals surface area contributed by atoms with E-state index in [0.29, 0.717) is 17.2 Å². The number of allylic oxidation sites excluding steroid dienone is 1. The molecule has 0 aliphatic carbocycles. The van der Waals surface area contributed by atoms with Gasteiger partial charge in [0.1, 0.15) is 11.5 Å². The molecule has 0 radical (unpaired) electrons. The molecule has 3 heterocycles. The van der Waals surface area contributed by atoms with Crippen molar-refractivity contribution >= 4 is 18.2 Å². The largest absolute Gasteiger partial charge is 0.465 e. The monoisotopic (exact) mass is 296 g/mol. The van der Waals surface area contributed by atoms with Crippen molar-refractivity contribution < 1.29 is 13.6 Å². The highest BCUT2D eigenvalue weighted by Crippen LogP contribution is 2.17. The van der Waals surface area contributed by atoms with E-state index >= 15 is 0 Å². The first kappa shape index (κ1) is 13.6. The molecule has 2 N–H and O–H groups in total. The number of amides is 1. The Morgan fingerprint density at radius 1 is 1.27 bits per heavy atom. The predicted octanol–water partition coefficient (Wildman–Crippen LogP) is 2.69. The lowest BCUT2D eigenvalue weighted by Crippen LogP contribution is -2.17. The van der Waals surface area contributed by atoms with Crippen molar-refractivity contribution in [2.75, 3.05) is 0 Å². The lowest BCUT2D eigenvalue weighted by Gasteiger charge is -1.92. The van der Waals surface area contributed by atoms with Crippen LogP contribution in [0.5, 0.6) is 0 Å². The molecule has 0 aliphatic heterocycles. The smallest absolute Gasteiger partial charge is 0.291 e. The van der Waals surface area contributed by atoms with Gasteiger partial charge in [0.05, 0.1) is 12.5 Å². The Morgan fingerprint density at radius 3 is 2.91 bits per heavy atom. The van der Waals surface area contributed by atoms with E-state index in [4.69, 9.17) is 8.83 Å². The fourth-order valence-electron chi connectivity index (χ4n) is 1.72. The van der Waals surface area contributed by atoms with Crippen molar-refractivity contribution in [2.45, 2.75) is 0 Å². The molecular formula is C15H12N4O3. The van der Waals surface area contributed by atoms with Gasteiger partial charge in [-0.25, -0.2) is 5.43 Å². The van der Waals surface area contributed by atoms with Crippen LogP contribution < -0.4 is 5.43 Å². The number of furan rings is 2. The molecule has 3 aromatic rings. The highest BCUT2D eigenvalue weighted by atomic mass is 16.3. The Hall–Kier alpha value is -3.35. The number of nitrogens with one attached hydrogen (secondary N) is 2. The number of hydrazone groups is 1. The van der Waals surface area contributed by atoms with Gasteiger partial charge in [-0.1, -0.05) is 0 Å². The van der Waals surface area contributed by atoms with E-state index in [-0.39, 0.29) is 5.69 Å². The maximum Gasteiger partial charge on any atom is 0.291 e. The van der Waals surface area contributed by atoms with Crippen LogP contribution in [-0.2, 0) is 0 Å². The van der Waals surface area contributed by atoms with Crippen molar-refractivity contribution in [2.24, 2.45) is 5.10 Å². The average molecular weight is 296 g/mol. The number of nitrogens with zero attached hydrogens (tertiary/aromatic N) is 2. The Morgan fingerprint density at radius 2 is 2.14 bits per heavy atom. The lowest BCUT2D eigenvalue weighted by molar-refractivity contribution is 0.0950. The molecule has 0 aromatic carbocycles. The fourth-order valence-corrected chi connectivity index (χ4v) is 1.72. The van der Waals surface area contributed by atoms with Gasteiger partial charge in [-0.3, -0.25) is 9.89 Å². The standard InChI is InChI=1S/C15H12N4O3/c20-15(19-16-7-1-4-11-5-2-8-21-11)13-10-12(17-18-13)14-6-3-9-22-14/h1-10H,(H,17,18)(H,19,20)/b4-1+,16-7-. The number of rotatable bonds is 5.